The Balaban J connectivity index is 1.29. The summed E-state index contributed by atoms with van der Waals surface area (Å²) in [5.74, 6) is -0.483. The van der Waals surface area contributed by atoms with Crippen molar-refractivity contribution in [1.82, 2.24) is 9.29 Å². The van der Waals surface area contributed by atoms with Gasteiger partial charge in [-0.15, -0.1) is 11.3 Å². The molecule has 4 heterocycles. The number of esters is 1. The van der Waals surface area contributed by atoms with Gasteiger partial charge in [0.25, 0.3) is 0 Å². The molecule has 0 unspecified atom stereocenters. The standard InChI is InChI=1S/C28H38N2O10S2/c1-17(2)10-30(42(33,34)21-4-5-24-25(9-21)39-16-38-24)11-23(31)19(12-35-13-20-15-41-18(3)29-20)8-27(32)40-26-14-37-28-22(26)6-7-36-28/h4-5,9,15,17,19,22-23,26,28,31H,6-8,10-14,16H2,1-3H3/t19-,22-,23+,26-,28+/m0/s1. The number of carbonyl (C=O) groups excluding carboxylic acids is 1. The lowest BCUT2D eigenvalue weighted by Crippen LogP contribution is -2.43. The molecule has 1 N–H and O–H groups in total. The number of aryl methyl sites for hydroxylation is 1. The molecule has 14 heteroatoms. The van der Waals surface area contributed by atoms with Crippen molar-refractivity contribution in [2.45, 2.75) is 63.6 Å². The lowest BCUT2D eigenvalue weighted by molar-refractivity contribution is -0.154. The fraction of sp³-hybridized carbons (Fsp3) is 0.643. The van der Waals surface area contributed by atoms with E-state index in [4.69, 9.17) is 28.4 Å². The number of benzene rings is 1. The van der Waals surface area contributed by atoms with E-state index in [0.717, 1.165) is 17.1 Å². The third-order valence-corrected chi connectivity index (χ3v) is 10.1. The van der Waals surface area contributed by atoms with E-state index in [1.165, 1.54) is 27.8 Å². The molecule has 5 atom stereocenters. The number of nitrogens with zero attached hydrogens (tertiary/aromatic N) is 2. The molecule has 0 amide bonds. The molecule has 1 aromatic carbocycles. The van der Waals surface area contributed by atoms with E-state index in [1.54, 1.807) is 6.07 Å². The Labute approximate surface area is 249 Å². The summed E-state index contributed by atoms with van der Waals surface area (Å²) in [6, 6.07) is 4.44. The second kappa shape index (κ2) is 13.5. The topological polar surface area (TPSA) is 143 Å². The van der Waals surface area contributed by atoms with Crippen molar-refractivity contribution in [3.05, 3.63) is 34.3 Å². The van der Waals surface area contributed by atoms with Crippen LogP contribution < -0.4 is 9.47 Å². The Kier molecular flexibility index (Phi) is 10.0. The second-order valence-corrected chi connectivity index (χ2v) is 14.2. The molecule has 0 radical (unpaired) electrons. The van der Waals surface area contributed by atoms with E-state index in [1.807, 2.05) is 26.2 Å². The van der Waals surface area contributed by atoms with Gasteiger partial charge in [-0.2, -0.15) is 4.31 Å². The fourth-order valence-electron chi connectivity index (χ4n) is 5.30. The van der Waals surface area contributed by atoms with Crippen molar-refractivity contribution in [3.8, 4) is 11.5 Å². The molecule has 42 heavy (non-hydrogen) atoms. The number of sulfonamides is 1. The Bertz CT molecular complexity index is 1330. The van der Waals surface area contributed by atoms with E-state index in [9.17, 15) is 18.3 Å². The normalized spacial score (nSPS) is 23.0. The molecule has 3 aliphatic heterocycles. The second-order valence-electron chi connectivity index (χ2n) is 11.2. The number of hydrogen-bond donors (Lipinski definition) is 1. The summed E-state index contributed by atoms with van der Waals surface area (Å²) in [6.07, 6.45) is -1.43. The zero-order valence-electron chi connectivity index (χ0n) is 24.0. The molecule has 0 bridgehead atoms. The lowest BCUT2D eigenvalue weighted by atomic mass is 9.98. The molecule has 0 aliphatic carbocycles. The van der Waals surface area contributed by atoms with Crippen LogP contribution in [0.4, 0.5) is 0 Å². The first kappa shape index (κ1) is 31.1. The van der Waals surface area contributed by atoms with Gasteiger partial charge in [-0.3, -0.25) is 4.79 Å². The third-order valence-electron chi connectivity index (χ3n) is 7.43. The van der Waals surface area contributed by atoms with Crippen LogP contribution in [0.15, 0.2) is 28.5 Å². The van der Waals surface area contributed by atoms with Gasteiger partial charge in [0.05, 0.1) is 60.5 Å². The van der Waals surface area contributed by atoms with Crippen LogP contribution >= 0.6 is 11.3 Å². The molecule has 12 nitrogen and oxygen atoms in total. The van der Waals surface area contributed by atoms with Crippen LogP contribution in [-0.4, -0.2) is 87.0 Å². The zero-order valence-corrected chi connectivity index (χ0v) is 25.6. The van der Waals surface area contributed by atoms with Crippen molar-refractivity contribution >= 4 is 27.3 Å². The Morgan fingerprint density at radius 2 is 2.02 bits per heavy atom. The molecule has 232 valence electrons. The zero-order chi connectivity index (χ0) is 29.9. The van der Waals surface area contributed by atoms with Crippen LogP contribution in [0.5, 0.6) is 11.5 Å². The average molecular weight is 627 g/mol. The van der Waals surface area contributed by atoms with E-state index in [2.05, 4.69) is 4.98 Å². The predicted octanol–water partition coefficient (Wildman–Crippen LogP) is 2.72. The van der Waals surface area contributed by atoms with Gasteiger partial charge in [0, 0.05) is 30.5 Å². The van der Waals surface area contributed by atoms with Crippen LogP contribution in [-0.2, 0) is 40.4 Å². The minimum Gasteiger partial charge on any atom is -0.459 e. The van der Waals surface area contributed by atoms with E-state index >= 15 is 0 Å². The number of ether oxygens (including phenoxy) is 6. The molecule has 2 aromatic rings. The summed E-state index contributed by atoms with van der Waals surface area (Å²) < 4.78 is 62.2. The summed E-state index contributed by atoms with van der Waals surface area (Å²) in [7, 11) is -4.02. The maximum Gasteiger partial charge on any atom is 0.306 e. The van der Waals surface area contributed by atoms with E-state index in [0.29, 0.717) is 18.1 Å². The predicted molar refractivity (Wildman–Crippen MR) is 150 cm³/mol. The summed E-state index contributed by atoms with van der Waals surface area (Å²) in [5, 5.41) is 14.2. The van der Waals surface area contributed by atoms with Gasteiger partial charge in [-0.25, -0.2) is 13.4 Å². The van der Waals surface area contributed by atoms with Gasteiger partial charge in [-0.05, 0) is 31.4 Å². The number of aliphatic hydroxyl groups excluding tert-OH is 1. The molecular formula is C28H38N2O10S2. The van der Waals surface area contributed by atoms with E-state index < -0.39 is 34.1 Å². The van der Waals surface area contributed by atoms with Gasteiger partial charge in [0.2, 0.25) is 16.8 Å². The average Bonchev–Trinajstić information content (AvgIpc) is 3.74. The molecule has 2 saturated heterocycles. The third kappa shape index (κ3) is 7.41. The first-order valence-corrected chi connectivity index (χ1v) is 16.4. The van der Waals surface area contributed by atoms with Crippen LogP contribution in [0.1, 0.15) is 37.4 Å². The quantitative estimate of drug-likeness (QED) is 0.309. The summed E-state index contributed by atoms with van der Waals surface area (Å²) in [6.45, 7) is 6.64. The molecule has 1 aromatic heterocycles. The number of rotatable bonds is 14. The highest BCUT2D eigenvalue weighted by atomic mass is 32.2. The van der Waals surface area contributed by atoms with Crippen molar-refractivity contribution in [2.24, 2.45) is 17.8 Å². The Morgan fingerprint density at radius 1 is 1.21 bits per heavy atom. The van der Waals surface area contributed by atoms with Gasteiger partial charge >= 0.3 is 5.97 Å². The number of hydrogen-bond acceptors (Lipinski definition) is 12. The maximum absolute atomic E-state index is 13.7. The Morgan fingerprint density at radius 3 is 2.79 bits per heavy atom. The van der Waals surface area contributed by atoms with Crippen LogP contribution in [0.2, 0.25) is 0 Å². The summed E-state index contributed by atoms with van der Waals surface area (Å²) in [5.41, 5.74) is 0.746. The van der Waals surface area contributed by atoms with Gasteiger partial charge in [-0.1, -0.05) is 13.8 Å². The van der Waals surface area contributed by atoms with Crippen molar-refractivity contribution in [3.63, 3.8) is 0 Å². The number of aromatic nitrogens is 1. The van der Waals surface area contributed by atoms with Crippen molar-refractivity contribution in [2.75, 3.05) is 39.7 Å². The highest BCUT2D eigenvalue weighted by Gasteiger charge is 2.44. The van der Waals surface area contributed by atoms with Gasteiger partial charge in [0.15, 0.2) is 17.8 Å². The number of thiazole rings is 1. The smallest absolute Gasteiger partial charge is 0.306 e. The number of aliphatic hydroxyl groups is 1. The Hall–Kier alpha value is -2.33. The van der Waals surface area contributed by atoms with Crippen LogP contribution in [0, 0.1) is 24.7 Å². The van der Waals surface area contributed by atoms with Crippen LogP contribution in [0.3, 0.4) is 0 Å². The molecule has 3 aliphatic rings. The monoisotopic (exact) mass is 626 g/mol. The first-order chi connectivity index (χ1) is 20.1. The number of carbonyl (C=O) groups is 1. The fourth-order valence-corrected chi connectivity index (χ4v) is 7.53. The molecule has 2 fully saturated rings. The molecule has 0 spiro atoms. The van der Waals surface area contributed by atoms with E-state index in [-0.39, 0.29) is 69.1 Å². The minimum atomic E-state index is -4.02. The minimum absolute atomic E-state index is 0.00274. The molecule has 0 saturated carbocycles. The van der Waals surface area contributed by atoms with Gasteiger partial charge in [0.1, 0.15) is 6.10 Å². The van der Waals surface area contributed by atoms with Crippen molar-refractivity contribution < 1.29 is 46.7 Å². The highest BCUT2D eigenvalue weighted by molar-refractivity contribution is 7.89. The molecular weight excluding hydrogens is 588 g/mol. The summed E-state index contributed by atoms with van der Waals surface area (Å²) in [4.78, 5) is 17.5. The van der Waals surface area contributed by atoms with Crippen molar-refractivity contribution in [1.29, 1.82) is 0 Å². The first-order valence-electron chi connectivity index (χ1n) is 14.1. The molecule has 5 rings (SSSR count). The highest BCUT2D eigenvalue weighted by Crippen LogP contribution is 2.35. The summed E-state index contributed by atoms with van der Waals surface area (Å²) >= 11 is 1.50. The number of fused-ring (bicyclic) bond motifs is 2. The SMILES string of the molecule is Cc1nc(COC[C@H](CC(=O)O[C@H]2CO[C@H]3OCC[C@H]32)[C@H](O)CN(CC(C)C)S(=O)(=O)c2ccc3c(c2)OCO3)cs1. The van der Waals surface area contributed by atoms with Gasteiger partial charge < -0.3 is 33.5 Å². The largest absolute Gasteiger partial charge is 0.459 e. The van der Waals surface area contributed by atoms with Crippen LogP contribution in [0.25, 0.3) is 0 Å². The maximum atomic E-state index is 13.7. The lowest BCUT2D eigenvalue weighted by Gasteiger charge is -2.30.